The lowest BCUT2D eigenvalue weighted by molar-refractivity contribution is 0.191. The zero-order valence-electron chi connectivity index (χ0n) is 29.4. The minimum Gasteiger partial charge on any atom is -0.461 e. The van der Waals surface area contributed by atoms with Crippen molar-refractivity contribution in [3.05, 3.63) is 111 Å². The van der Waals surface area contributed by atoms with Crippen LogP contribution in [0.5, 0.6) is 0 Å². The third-order valence-electron chi connectivity index (χ3n) is 10.0. The molecule has 53 heavy (non-hydrogen) atoms. The van der Waals surface area contributed by atoms with Gasteiger partial charge in [-0.25, -0.2) is 8.78 Å². The SMILES string of the molecule is NC1CCN(CCn2c(=O)ccc3ncc(F)cc32)CC1.O=c1ccc2ncc(F)cc2n1CCN1CCC(NCc2cc(-c3ccco3)on2)CC1. The molecule has 0 aromatic carbocycles. The molecule has 2 aliphatic heterocycles. The average Bonchev–Trinajstić information content (AvgIpc) is 3.88. The minimum atomic E-state index is -0.438. The van der Waals surface area contributed by atoms with Crippen LogP contribution in [0.3, 0.4) is 0 Å². The molecule has 0 aliphatic carbocycles. The first-order valence-corrected chi connectivity index (χ1v) is 18.0. The maximum absolute atomic E-state index is 13.6. The van der Waals surface area contributed by atoms with E-state index in [1.807, 2.05) is 18.2 Å². The molecule has 0 unspecified atom stereocenters. The van der Waals surface area contributed by atoms with E-state index in [9.17, 15) is 18.4 Å². The summed E-state index contributed by atoms with van der Waals surface area (Å²) in [5.74, 6) is 0.430. The number of aromatic nitrogens is 5. The van der Waals surface area contributed by atoms with Gasteiger partial charge < -0.3 is 38.9 Å². The predicted molar refractivity (Wildman–Crippen MR) is 196 cm³/mol. The van der Waals surface area contributed by atoms with Crippen molar-refractivity contribution in [2.45, 2.75) is 57.4 Å². The van der Waals surface area contributed by atoms with E-state index in [2.05, 4.69) is 30.2 Å². The zero-order valence-corrected chi connectivity index (χ0v) is 29.4. The van der Waals surface area contributed by atoms with Gasteiger partial charge in [0.05, 0.1) is 46.4 Å². The van der Waals surface area contributed by atoms with Crippen LogP contribution in [0.4, 0.5) is 8.78 Å². The van der Waals surface area contributed by atoms with Crippen LogP contribution in [0.1, 0.15) is 31.4 Å². The number of pyridine rings is 4. The fraction of sp³-hybridized carbons (Fsp3) is 0.395. The Kier molecular flexibility index (Phi) is 11.4. The second-order valence-electron chi connectivity index (χ2n) is 13.6. The molecule has 15 heteroatoms. The van der Waals surface area contributed by atoms with Gasteiger partial charge in [-0.1, -0.05) is 5.16 Å². The summed E-state index contributed by atoms with van der Waals surface area (Å²) in [5.41, 5.74) is 8.82. The lowest BCUT2D eigenvalue weighted by Crippen LogP contribution is -2.43. The molecule has 0 amide bonds. The second-order valence-corrected chi connectivity index (χ2v) is 13.6. The molecule has 0 radical (unpaired) electrons. The number of fused-ring (bicyclic) bond motifs is 2. The Labute approximate surface area is 304 Å². The monoisotopic (exact) mass is 727 g/mol. The molecule has 0 spiro atoms. The van der Waals surface area contributed by atoms with Crippen molar-refractivity contribution in [3.8, 4) is 11.5 Å². The summed E-state index contributed by atoms with van der Waals surface area (Å²) in [4.78, 5) is 37.1. The van der Waals surface area contributed by atoms with Gasteiger partial charge in [-0.3, -0.25) is 19.6 Å². The van der Waals surface area contributed by atoms with Crippen LogP contribution in [0.15, 0.2) is 91.8 Å². The van der Waals surface area contributed by atoms with Crippen molar-refractivity contribution in [2.75, 3.05) is 39.3 Å². The Morgan fingerprint density at radius 3 is 1.85 bits per heavy atom. The van der Waals surface area contributed by atoms with Crippen LogP contribution >= 0.6 is 0 Å². The number of nitrogens with one attached hydrogen (secondary N) is 1. The van der Waals surface area contributed by atoms with E-state index in [0.29, 0.717) is 65.3 Å². The molecule has 0 atom stereocenters. The molecule has 2 aliphatic rings. The van der Waals surface area contributed by atoms with Gasteiger partial charge in [0, 0.05) is 75.1 Å². The molecule has 2 fully saturated rings. The van der Waals surface area contributed by atoms with E-state index in [4.69, 9.17) is 14.7 Å². The Morgan fingerprint density at radius 1 is 0.736 bits per heavy atom. The van der Waals surface area contributed by atoms with Gasteiger partial charge in [0.2, 0.25) is 5.76 Å². The highest BCUT2D eigenvalue weighted by Gasteiger charge is 2.20. The first-order valence-electron chi connectivity index (χ1n) is 18.0. The van der Waals surface area contributed by atoms with E-state index in [0.717, 1.165) is 70.6 Å². The topological polar surface area (TPSA) is 153 Å². The van der Waals surface area contributed by atoms with Crippen LogP contribution in [0.2, 0.25) is 0 Å². The Bertz CT molecular complexity index is 2240. The minimum absolute atomic E-state index is 0.122. The van der Waals surface area contributed by atoms with Gasteiger partial charge in [-0.2, -0.15) is 0 Å². The van der Waals surface area contributed by atoms with Gasteiger partial charge in [0.25, 0.3) is 11.1 Å². The second kappa shape index (κ2) is 16.7. The van der Waals surface area contributed by atoms with Crippen LogP contribution in [-0.4, -0.2) is 85.4 Å². The normalized spacial score (nSPS) is 16.3. The molecule has 6 aromatic heterocycles. The number of likely N-dealkylation sites (tertiary alicyclic amines) is 2. The van der Waals surface area contributed by atoms with Crippen molar-refractivity contribution >= 4 is 22.1 Å². The average molecular weight is 728 g/mol. The summed E-state index contributed by atoms with van der Waals surface area (Å²) >= 11 is 0. The molecule has 0 bridgehead atoms. The molecule has 13 nitrogen and oxygen atoms in total. The first-order chi connectivity index (χ1) is 25.8. The maximum atomic E-state index is 13.6. The summed E-state index contributed by atoms with van der Waals surface area (Å²) < 4.78 is 40.9. The summed E-state index contributed by atoms with van der Waals surface area (Å²) in [7, 11) is 0. The van der Waals surface area contributed by atoms with Gasteiger partial charge in [0.1, 0.15) is 11.6 Å². The fourth-order valence-electron chi connectivity index (χ4n) is 6.95. The van der Waals surface area contributed by atoms with Crippen LogP contribution in [0.25, 0.3) is 33.6 Å². The highest BCUT2D eigenvalue weighted by Crippen LogP contribution is 2.21. The van der Waals surface area contributed by atoms with E-state index >= 15 is 0 Å². The van der Waals surface area contributed by atoms with E-state index in [1.54, 1.807) is 27.5 Å². The lowest BCUT2D eigenvalue weighted by Gasteiger charge is -2.32. The van der Waals surface area contributed by atoms with Gasteiger partial charge in [-0.15, -0.1) is 0 Å². The Balaban J connectivity index is 0.000000179. The van der Waals surface area contributed by atoms with Crippen molar-refractivity contribution in [3.63, 3.8) is 0 Å². The van der Waals surface area contributed by atoms with Crippen LogP contribution in [0, 0.1) is 11.6 Å². The summed E-state index contributed by atoms with van der Waals surface area (Å²) in [5, 5.41) is 7.65. The van der Waals surface area contributed by atoms with Crippen molar-refractivity contribution in [1.29, 1.82) is 0 Å². The number of nitrogens with zero attached hydrogens (tertiary/aromatic N) is 7. The van der Waals surface area contributed by atoms with Gasteiger partial charge in [-0.05, 0) is 76.1 Å². The number of rotatable bonds is 10. The molecule has 3 N–H and O–H groups in total. The molecule has 8 rings (SSSR count). The molecule has 278 valence electrons. The maximum Gasteiger partial charge on any atom is 0.251 e. The van der Waals surface area contributed by atoms with Crippen LogP contribution in [-0.2, 0) is 19.6 Å². The molecule has 8 heterocycles. The number of hydrogen-bond donors (Lipinski definition) is 2. The van der Waals surface area contributed by atoms with E-state index in [-0.39, 0.29) is 11.1 Å². The molecular weight excluding hydrogens is 684 g/mol. The van der Waals surface area contributed by atoms with Crippen molar-refractivity contribution in [2.24, 2.45) is 5.73 Å². The molecule has 0 saturated carbocycles. The molecular formula is C38H43F2N9O4. The number of furan rings is 1. The van der Waals surface area contributed by atoms with Crippen molar-refractivity contribution < 1.29 is 17.7 Å². The smallest absolute Gasteiger partial charge is 0.251 e. The fourth-order valence-corrected chi connectivity index (χ4v) is 6.95. The van der Waals surface area contributed by atoms with E-state index < -0.39 is 11.6 Å². The third kappa shape index (κ3) is 9.11. The largest absolute Gasteiger partial charge is 0.461 e. The predicted octanol–water partition coefficient (Wildman–Crippen LogP) is 4.00. The third-order valence-corrected chi connectivity index (χ3v) is 10.0. The highest BCUT2D eigenvalue weighted by atomic mass is 19.1. The highest BCUT2D eigenvalue weighted by molar-refractivity contribution is 5.74. The van der Waals surface area contributed by atoms with Gasteiger partial charge in [0.15, 0.2) is 5.76 Å². The first kappa shape index (κ1) is 36.3. The molecule has 6 aromatic rings. The van der Waals surface area contributed by atoms with Crippen molar-refractivity contribution in [1.82, 2.24) is 39.4 Å². The zero-order chi connectivity index (χ0) is 36.7. The number of halogens is 2. The number of piperidine rings is 2. The summed E-state index contributed by atoms with van der Waals surface area (Å²) in [6, 6.07) is 15.2. The van der Waals surface area contributed by atoms with E-state index in [1.165, 1.54) is 36.7 Å². The summed E-state index contributed by atoms with van der Waals surface area (Å²) in [6.45, 7) is 6.95. The molecule has 2 saturated heterocycles. The number of hydrogen-bond acceptors (Lipinski definition) is 11. The number of nitrogens with two attached hydrogens (primary N) is 1. The lowest BCUT2D eigenvalue weighted by atomic mass is 10.0. The summed E-state index contributed by atoms with van der Waals surface area (Å²) in [6.07, 6.45) is 7.93. The Morgan fingerprint density at radius 2 is 1.30 bits per heavy atom. The van der Waals surface area contributed by atoms with Crippen LogP contribution < -0.4 is 22.2 Å². The quantitative estimate of drug-likeness (QED) is 0.211. The standard InChI is InChI=1S/C23H24FN5O3.C15H19FN4O/c24-16-12-20-19(26-14-16)3-4-23(30)29(20)10-9-28-7-5-17(6-8-28)25-15-18-13-22(32-27-18)21-2-1-11-31-21;16-11-9-14-13(18-10-11)1-2-15(21)20(14)8-7-19-5-3-12(17)4-6-19/h1-4,11-14,17,25H,5-10,15H2;1-2,9-10,12H,3-8,17H2. The Hall–Kier alpha value is -5.09. The van der Waals surface area contributed by atoms with Gasteiger partial charge >= 0.3 is 0 Å².